The Balaban J connectivity index is 1.36. The van der Waals surface area contributed by atoms with Crippen molar-refractivity contribution in [1.29, 1.82) is 0 Å². The number of likely N-dealkylation sites (tertiary alicyclic amines) is 1. The van der Waals surface area contributed by atoms with E-state index in [1.165, 1.54) is 12.1 Å². The molecule has 1 aliphatic heterocycles. The van der Waals surface area contributed by atoms with E-state index in [0.29, 0.717) is 11.8 Å². The summed E-state index contributed by atoms with van der Waals surface area (Å²) in [6.07, 6.45) is 5.42. The van der Waals surface area contributed by atoms with Gasteiger partial charge in [0.05, 0.1) is 0 Å². The smallest absolute Gasteiger partial charge is 0.258 e. The van der Waals surface area contributed by atoms with Crippen molar-refractivity contribution in [2.24, 2.45) is 0 Å². The van der Waals surface area contributed by atoms with Crippen LogP contribution in [0.4, 0.5) is 4.39 Å². The summed E-state index contributed by atoms with van der Waals surface area (Å²) in [5.74, 6) is 1.47. The van der Waals surface area contributed by atoms with Crippen molar-refractivity contribution >= 4 is 0 Å². The van der Waals surface area contributed by atoms with Crippen molar-refractivity contribution in [2.45, 2.75) is 25.3 Å². The molecule has 5 nitrogen and oxygen atoms in total. The van der Waals surface area contributed by atoms with Gasteiger partial charge in [0, 0.05) is 30.4 Å². The largest absolute Gasteiger partial charge is 0.334 e. The summed E-state index contributed by atoms with van der Waals surface area (Å²) in [6, 6.07) is 10.5. The van der Waals surface area contributed by atoms with Crippen LogP contribution in [0.2, 0.25) is 0 Å². The van der Waals surface area contributed by atoms with Crippen molar-refractivity contribution in [3.8, 4) is 11.5 Å². The van der Waals surface area contributed by atoms with Crippen molar-refractivity contribution in [3.05, 3.63) is 66.0 Å². The van der Waals surface area contributed by atoms with Crippen LogP contribution in [0.5, 0.6) is 0 Å². The lowest BCUT2D eigenvalue weighted by atomic mass is 9.96. The Kier molecular flexibility index (Phi) is 4.52. The monoisotopic (exact) mass is 338 g/mol. The van der Waals surface area contributed by atoms with Crippen LogP contribution >= 0.6 is 0 Å². The first-order valence-electron chi connectivity index (χ1n) is 8.49. The zero-order chi connectivity index (χ0) is 17.1. The molecular weight excluding hydrogens is 319 g/mol. The molecule has 128 valence electrons. The van der Waals surface area contributed by atoms with Crippen LogP contribution in [-0.4, -0.2) is 33.1 Å². The Morgan fingerprint density at radius 1 is 1.04 bits per heavy atom. The third-order valence-corrected chi connectivity index (χ3v) is 4.64. The molecule has 4 rings (SSSR count). The van der Waals surface area contributed by atoms with Gasteiger partial charge < -0.3 is 4.52 Å². The molecule has 3 aromatic rings. The zero-order valence-corrected chi connectivity index (χ0v) is 13.8. The predicted octanol–water partition coefficient (Wildman–Crippen LogP) is 3.65. The fourth-order valence-electron chi connectivity index (χ4n) is 3.21. The lowest BCUT2D eigenvalue weighted by Crippen LogP contribution is -2.32. The molecule has 0 amide bonds. The highest BCUT2D eigenvalue weighted by Gasteiger charge is 2.25. The highest BCUT2D eigenvalue weighted by atomic mass is 19.1. The minimum atomic E-state index is -0.190. The average Bonchev–Trinajstić information content (AvgIpc) is 3.15. The van der Waals surface area contributed by atoms with E-state index in [2.05, 4.69) is 20.0 Å². The van der Waals surface area contributed by atoms with Gasteiger partial charge in [0.2, 0.25) is 0 Å². The highest BCUT2D eigenvalue weighted by molar-refractivity contribution is 5.51. The van der Waals surface area contributed by atoms with Crippen molar-refractivity contribution < 1.29 is 8.91 Å². The van der Waals surface area contributed by atoms with Gasteiger partial charge in [-0.15, -0.1) is 0 Å². The van der Waals surface area contributed by atoms with E-state index < -0.39 is 0 Å². The number of rotatable bonds is 4. The summed E-state index contributed by atoms with van der Waals surface area (Å²) in [7, 11) is 0. The number of nitrogens with zero attached hydrogens (tertiary/aromatic N) is 4. The normalized spacial score (nSPS) is 16.2. The summed E-state index contributed by atoms with van der Waals surface area (Å²) in [5.41, 5.74) is 2.03. The van der Waals surface area contributed by atoms with Crippen LogP contribution in [0.1, 0.15) is 30.1 Å². The number of halogens is 1. The molecule has 2 aromatic heterocycles. The van der Waals surface area contributed by atoms with Crippen LogP contribution in [0.3, 0.4) is 0 Å². The number of hydrogen-bond acceptors (Lipinski definition) is 5. The first-order valence-corrected chi connectivity index (χ1v) is 8.49. The Morgan fingerprint density at radius 2 is 1.76 bits per heavy atom. The SMILES string of the molecule is Fc1ccc(CN2CCC(c3noc(-c4ccncc4)n3)CC2)cc1. The van der Waals surface area contributed by atoms with Crippen molar-refractivity contribution in [1.82, 2.24) is 20.0 Å². The summed E-state index contributed by atoms with van der Waals surface area (Å²) in [6.45, 7) is 2.80. The standard InChI is InChI=1S/C19H19FN4O/c20-17-3-1-14(2-4-17)13-24-11-7-15(8-12-24)18-22-19(25-23-18)16-5-9-21-10-6-16/h1-6,9-10,15H,7-8,11-13H2. The molecule has 6 heteroatoms. The molecule has 0 unspecified atom stereocenters. The Hall–Kier alpha value is -2.60. The molecule has 1 fully saturated rings. The van der Waals surface area contributed by atoms with Gasteiger partial charge in [0.15, 0.2) is 5.82 Å². The van der Waals surface area contributed by atoms with Gasteiger partial charge in [-0.2, -0.15) is 4.98 Å². The molecule has 1 aliphatic rings. The van der Waals surface area contributed by atoms with Crippen LogP contribution in [0.15, 0.2) is 53.3 Å². The van der Waals surface area contributed by atoms with Crippen LogP contribution in [0.25, 0.3) is 11.5 Å². The van der Waals surface area contributed by atoms with Gasteiger partial charge in [-0.1, -0.05) is 17.3 Å². The maximum Gasteiger partial charge on any atom is 0.258 e. The molecule has 0 saturated carbocycles. The van der Waals surface area contributed by atoms with Crippen LogP contribution < -0.4 is 0 Å². The highest BCUT2D eigenvalue weighted by Crippen LogP contribution is 2.28. The molecule has 0 aliphatic carbocycles. The van der Waals surface area contributed by atoms with Gasteiger partial charge in [0.25, 0.3) is 5.89 Å². The number of piperidine rings is 1. The maximum absolute atomic E-state index is 13.0. The van der Waals surface area contributed by atoms with Crippen molar-refractivity contribution in [3.63, 3.8) is 0 Å². The Morgan fingerprint density at radius 3 is 2.48 bits per heavy atom. The first-order chi connectivity index (χ1) is 12.3. The molecule has 0 atom stereocenters. The lowest BCUT2D eigenvalue weighted by molar-refractivity contribution is 0.200. The van der Waals surface area contributed by atoms with Gasteiger partial charge in [0.1, 0.15) is 5.82 Å². The first kappa shape index (κ1) is 15.9. The quantitative estimate of drug-likeness (QED) is 0.727. The minimum Gasteiger partial charge on any atom is -0.334 e. The van der Waals surface area contributed by atoms with Gasteiger partial charge in [-0.05, 0) is 55.8 Å². The third kappa shape index (κ3) is 3.74. The van der Waals surface area contributed by atoms with Gasteiger partial charge >= 0.3 is 0 Å². The molecule has 3 heterocycles. The topological polar surface area (TPSA) is 55.1 Å². The second-order valence-electron chi connectivity index (χ2n) is 6.37. The second-order valence-corrected chi connectivity index (χ2v) is 6.37. The summed E-state index contributed by atoms with van der Waals surface area (Å²) >= 11 is 0. The number of benzene rings is 1. The lowest BCUT2D eigenvalue weighted by Gasteiger charge is -2.30. The molecule has 25 heavy (non-hydrogen) atoms. The maximum atomic E-state index is 13.0. The Bertz CT molecular complexity index is 811. The van der Waals surface area contributed by atoms with E-state index in [-0.39, 0.29) is 5.82 Å². The number of pyridine rings is 1. The summed E-state index contributed by atoms with van der Waals surface area (Å²) in [5, 5.41) is 4.17. The minimum absolute atomic E-state index is 0.190. The van der Waals surface area contributed by atoms with Gasteiger partial charge in [-0.3, -0.25) is 9.88 Å². The molecule has 1 aromatic carbocycles. The fourth-order valence-corrected chi connectivity index (χ4v) is 3.21. The Labute approximate surface area is 145 Å². The summed E-state index contributed by atoms with van der Waals surface area (Å²) in [4.78, 5) is 10.9. The molecule has 1 saturated heterocycles. The van der Waals surface area contributed by atoms with Gasteiger partial charge in [-0.25, -0.2) is 4.39 Å². The molecule has 0 spiro atoms. The predicted molar refractivity (Wildman–Crippen MR) is 91.2 cm³/mol. The van der Waals surface area contributed by atoms with E-state index in [1.54, 1.807) is 12.4 Å². The zero-order valence-electron chi connectivity index (χ0n) is 13.8. The second kappa shape index (κ2) is 7.11. The van der Waals surface area contributed by atoms with E-state index in [9.17, 15) is 4.39 Å². The van der Waals surface area contributed by atoms with E-state index >= 15 is 0 Å². The molecule has 0 bridgehead atoms. The average molecular weight is 338 g/mol. The molecular formula is C19H19FN4O. The fraction of sp³-hybridized carbons (Fsp3) is 0.316. The van der Waals surface area contributed by atoms with Crippen LogP contribution in [-0.2, 0) is 6.54 Å². The van der Waals surface area contributed by atoms with E-state index in [1.807, 2.05) is 24.3 Å². The number of aromatic nitrogens is 3. The van der Waals surface area contributed by atoms with E-state index in [0.717, 1.165) is 49.4 Å². The van der Waals surface area contributed by atoms with E-state index in [4.69, 9.17) is 4.52 Å². The molecule has 0 radical (unpaired) electrons. The summed E-state index contributed by atoms with van der Waals surface area (Å²) < 4.78 is 18.4. The molecule has 0 N–H and O–H groups in total. The third-order valence-electron chi connectivity index (χ3n) is 4.64. The van der Waals surface area contributed by atoms with Crippen molar-refractivity contribution in [2.75, 3.05) is 13.1 Å². The number of hydrogen-bond donors (Lipinski definition) is 0. The van der Waals surface area contributed by atoms with Crippen LogP contribution in [0, 0.1) is 5.82 Å².